The highest BCUT2D eigenvalue weighted by molar-refractivity contribution is 5.78. The van der Waals surface area contributed by atoms with Gasteiger partial charge >= 0.3 is 5.63 Å². The fourth-order valence-electron chi connectivity index (χ4n) is 2.25. The number of nitrogens with one attached hydrogen (secondary N) is 1. The highest BCUT2D eigenvalue weighted by atomic mass is 16.4. The molecule has 0 aliphatic heterocycles. The van der Waals surface area contributed by atoms with Crippen LogP contribution < -0.4 is 16.5 Å². The molecule has 22 heavy (non-hydrogen) atoms. The summed E-state index contributed by atoms with van der Waals surface area (Å²) in [7, 11) is 0. The minimum absolute atomic E-state index is 0.186. The number of hydrogen-bond acceptors (Lipinski definition) is 6. The molecule has 1 N–H and O–H groups in total. The van der Waals surface area contributed by atoms with Gasteiger partial charge < -0.3 is 14.3 Å². The van der Waals surface area contributed by atoms with Gasteiger partial charge in [-0.3, -0.25) is 4.79 Å². The molecule has 112 valence electrons. The van der Waals surface area contributed by atoms with Crippen molar-refractivity contribution in [2.75, 3.05) is 11.9 Å². The van der Waals surface area contributed by atoms with Crippen molar-refractivity contribution in [1.29, 1.82) is 0 Å². The lowest BCUT2D eigenvalue weighted by Gasteiger charge is -2.08. The van der Waals surface area contributed by atoms with Crippen LogP contribution in [-0.4, -0.2) is 21.1 Å². The maximum Gasteiger partial charge on any atom is 0.336 e. The molecule has 3 rings (SSSR count). The van der Waals surface area contributed by atoms with Gasteiger partial charge in [-0.15, -0.1) is 0 Å². The Labute approximate surface area is 125 Å². The van der Waals surface area contributed by atoms with Crippen LogP contribution in [0.5, 0.6) is 0 Å². The molecule has 7 nitrogen and oxygen atoms in total. The molecular weight excluding hydrogens is 284 g/mol. The topological polar surface area (TPSA) is 90.0 Å². The van der Waals surface area contributed by atoms with E-state index in [1.165, 1.54) is 6.07 Å². The summed E-state index contributed by atoms with van der Waals surface area (Å²) in [6.45, 7) is 2.68. The lowest BCUT2D eigenvalue weighted by atomic mass is 10.2. The number of rotatable bonds is 4. The van der Waals surface area contributed by atoms with Gasteiger partial charge in [0.25, 0.3) is 5.56 Å². The summed E-state index contributed by atoms with van der Waals surface area (Å²) >= 11 is 0. The summed E-state index contributed by atoms with van der Waals surface area (Å²) < 4.78 is 6.61. The zero-order valence-electron chi connectivity index (χ0n) is 11.9. The smallest absolute Gasteiger partial charge is 0.336 e. The standard InChI is InChI=1S/C15H14N4O3/c1-10-9-12(20)22-11-3-7-19(14(21)13(10)11)8-6-18-15-16-4-2-5-17-15/h2-5,7,9H,6,8H2,1H3,(H,16,17,18). The highest BCUT2D eigenvalue weighted by Crippen LogP contribution is 2.11. The molecule has 3 aromatic rings. The molecule has 0 amide bonds. The highest BCUT2D eigenvalue weighted by Gasteiger charge is 2.08. The lowest BCUT2D eigenvalue weighted by Crippen LogP contribution is -2.24. The normalized spacial score (nSPS) is 10.8. The van der Waals surface area contributed by atoms with Gasteiger partial charge in [-0.1, -0.05) is 0 Å². The predicted octanol–water partition coefficient (Wildman–Crippen LogP) is 1.17. The molecule has 0 radical (unpaired) electrons. The number of fused-ring (bicyclic) bond motifs is 1. The molecule has 3 aromatic heterocycles. The third kappa shape index (κ3) is 2.73. The molecule has 0 spiro atoms. The Morgan fingerprint density at radius 1 is 1.27 bits per heavy atom. The molecule has 0 saturated heterocycles. The molecule has 0 fully saturated rings. The van der Waals surface area contributed by atoms with Gasteiger partial charge in [0.05, 0.1) is 5.39 Å². The third-order valence-electron chi connectivity index (χ3n) is 3.27. The van der Waals surface area contributed by atoms with Crippen LogP contribution in [0.2, 0.25) is 0 Å². The van der Waals surface area contributed by atoms with Crippen LogP contribution in [-0.2, 0) is 6.54 Å². The van der Waals surface area contributed by atoms with E-state index in [0.717, 1.165) is 0 Å². The van der Waals surface area contributed by atoms with Gasteiger partial charge in [-0.2, -0.15) is 0 Å². The maximum atomic E-state index is 12.4. The Morgan fingerprint density at radius 3 is 2.82 bits per heavy atom. The van der Waals surface area contributed by atoms with Crippen LogP contribution in [0.25, 0.3) is 11.0 Å². The number of pyridine rings is 1. The number of hydrogen-bond donors (Lipinski definition) is 1. The molecule has 0 atom stereocenters. The fraction of sp³-hybridized carbons (Fsp3) is 0.200. The van der Waals surface area contributed by atoms with E-state index in [4.69, 9.17) is 4.42 Å². The Hall–Kier alpha value is -2.96. The molecule has 7 heteroatoms. The number of nitrogens with zero attached hydrogens (tertiary/aromatic N) is 3. The van der Waals surface area contributed by atoms with Gasteiger partial charge in [0.1, 0.15) is 5.58 Å². The summed E-state index contributed by atoms with van der Waals surface area (Å²) in [4.78, 5) is 31.9. The molecule has 0 aromatic carbocycles. The third-order valence-corrected chi connectivity index (χ3v) is 3.27. The second-order valence-electron chi connectivity index (χ2n) is 4.80. The minimum atomic E-state index is -0.454. The maximum absolute atomic E-state index is 12.4. The van der Waals surface area contributed by atoms with Crippen LogP contribution in [0.1, 0.15) is 5.56 Å². The average molecular weight is 298 g/mol. The van der Waals surface area contributed by atoms with Gasteiger partial charge in [-0.05, 0) is 24.6 Å². The van der Waals surface area contributed by atoms with Crippen LogP contribution in [0.4, 0.5) is 5.95 Å². The molecular formula is C15H14N4O3. The van der Waals surface area contributed by atoms with Gasteiger partial charge in [0.15, 0.2) is 0 Å². The molecule has 0 aliphatic rings. The Balaban J connectivity index is 1.84. The van der Waals surface area contributed by atoms with E-state index in [9.17, 15) is 9.59 Å². The van der Waals surface area contributed by atoms with Crippen LogP contribution in [0.15, 0.2) is 50.8 Å². The quantitative estimate of drug-likeness (QED) is 0.777. The number of anilines is 1. The molecule has 0 unspecified atom stereocenters. The van der Waals surface area contributed by atoms with E-state index in [1.807, 2.05) is 0 Å². The first-order valence-electron chi connectivity index (χ1n) is 6.80. The first-order valence-corrected chi connectivity index (χ1v) is 6.80. The summed E-state index contributed by atoms with van der Waals surface area (Å²) in [5.74, 6) is 0.513. The van der Waals surface area contributed by atoms with E-state index in [1.54, 1.807) is 42.2 Å². The Morgan fingerprint density at radius 2 is 2.05 bits per heavy atom. The van der Waals surface area contributed by atoms with Crippen molar-refractivity contribution in [2.24, 2.45) is 0 Å². The van der Waals surface area contributed by atoms with Crippen molar-refractivity contribution in [1.82, 2.24) is 14.5 Å². The largest absolute Gasteiger partial charge is 0.422 e. The molecule has 0 aliphatic carbocycles. The SMILES string of the molecule is Cc1cc(=O)oc2ccn(CCNc3ncccn3)c(=O)c12. The predicted molar refractivity (Wildman–Crippen MR) is 82.0 cm³/mol. The number of aromatic nitrogens is 3. The summed E-state index contributed by atoms with van der Waals surface area (Å²) in [5.41, 5.74) is 0.287. The van der Waals surface area contributed by atoms with E-state index in [-0.39, 0.29) is 5.56 Å². The van der Waals surface area contributed by atoms with Gasteiger partial charge in [0.2, 0.25) is 5.95 Å². The summed E-state index contributed by atoms with van der Waals surface area (Å²) in [6.07, 6.45) is 4.90. The lowest BCUT2D eigenvalue weighted by molar-refractivity contribution is 0.556. The van der Waals surface area contributed by atoms with Crippen molar-refractivity contribution in [3.63, 3.8) is 0 Å². The fourth-order valence-corrected chi connectivity index (χ4v) is 2.25. The second-order valence-corrected chi connectivity index (χ2v) is 4.80. The second kappa shape index (κ2) is 5.80. The average Bonchev–Trinajstić information content (AvgIpc) is 2.50. The van der Waals surface area contributed by atoms with E-state index >= 15 is 0 Å². The Bertz CT molecular complexity index is 915. The number of aryl methyl sites for hydroxylation is 1. The molecule has 0 saturated carbocycles. The Kier molecular flexibility index (Phi) is 3.69. The zero-order valence-corrected chi connectivity index (χ0v) is 11.9. The first-order chi connectivity index (χ1) is 10.6. The van der Waals surface area contributed by atoms with Crippen molar-refractivity contribution in [3.8, 4) is 0 Å². The monoisotopic (exact) mass is 298 g/mol. The first kappa shape index (κ1) is 14.0. The van der Waals surface area contributed by atoms with Crippen LogP contribution in [0, 0.1) is 6.92 Å². The minimum Gasteiger partial charge on any atom is -0.422 e. The van der Waals surface area contributed by atoms with E-state index in [2.05, 4.69) is 15.3 Å². The van der Waals surface area contributed by atoms with Crippen molar-refractivity contribution >= 4 is 16.9 Å². The van der Waals surface area contributed by atoms with Crippen molar-refractivity contribution in [2.45, 2.75) is 13.5 Å². The van der Waals surface area contributed by atoms with Gasteiger partial charge in [0, 0.05) is 37.7 Å². The van der Waals surface area contributed by atoms with Crippen molar-refractivity contribution < 1.29 is 4.42 Å². The molecule has 3 heterocycles. The van der Waals surface area contributed by atoms with E-state index in [0.29, 0.717) is 35.6 Å². The summed E-state index contributed by atoms with van der Waals surface area (Å²) in [6, 6.07) is 4.68. The van der Waals surface area contributed by atoms with Crippen molar-refractivity contribution in [3.05, 3.63) is 63.1 Å². The molecule has 0 bridgehead atoms. The van der Waals surface area contributed by atoms with Crippen LogP contribution in [0.3, 0.4) is 0 Å². The summed E-state index contributed by atoms with van der Waals surface area (Å²) in [5, 5.41) is 3.47. The zero-order chi connectivity index (χ0) is 15.5. The van der Waals surface area contributed by atoms with E-state index < -0.39 is 5.63 Å². The van der Waals surface area contributed by atoms with Crippen LogP contribution >= 0.6 is 0 Å². The van der Waals surface area contributed by atoms with Gasteiger partial charge in [-0.25, -0.2) is 14.8 Å².